The summed E-state index contributed by atoms with van der Waals surface area (Å²) in [5, 5.41) is 0. The van der Waals surface area contributed by atoms with Crippen molar-refractivity contribution in [2.45, 2.75) is 12.7 Å². The Hall–Kier alpha value is -2.84. The number of benzene rings is 2. The van der Waals surface area contributed by atoms with Crippen molar-refractivity contribution in [2.75, 3.05) is 0 Å². The molecule has 4 rings (SSSR count). The third-order valence-corrected chi connectivity index (χ3v) is 5.83. The van der Waals surface area contributed by atoms with Gasteiger partial charge in [0.1, 0.15) is 15.8 Å². The molecule has 1 aliphatic rings. The van der Waals surface area contributed by atoms with Crippen LogP contribution in [0.2, 0.25) is 0 Å². The van der Waals surface area contributed by atoms with Crippen molar-refractivity contribution in [3.63, 3.8) is 0 Å². The largest absolute Gasteiger partial charge is 0.457 e. The Balaban J connectivity index is 1.51. The molecule has 0 radical (unpaired) electrons. The Kier molecular flexibility index (Phi) is 5.53. The van der Waals surface area contributed by atoms with Crippen molar-refractivity contribution in [1.82, 2.24) is 4.90 Å². The molecular formula is C22H14F3NO2S2. The van der Waals surface area contributed by atoms with Crippen molar-refractivity contribution in [3.05, 3.63) is 88.5 Å². The summed E-state index contributed by atoms with van der Waals surface area (Å²) >= 11 is 6.53. The first kappa shape index (κ1) is 20.4. The molecule has 30 heavy (non-hydrogen) atoms. The summed E-state index contributed by atoms with van der Waals surface area (Å²) in [7, 11) is 0. The molecule has 1 fully saturated rings. The van der Waals surface area contributed by atoms with E-state index < -0.39 is 11.7 Å². The molecule has 0 unspecified atom stereocenters. The molecule has 2 aromatic carbocycles. The van der Waals surface area contributed by atoms with Crippen LogP contribution in [-0.2, 0) is 17.5 Å². The number of halogens is 3. The molecule has 3 aromatic rings. The highest BCUT2D eigenvalue weighted by molar-refractivity contribution is 8.26. The summed E-state index contributed by atoms with van der Waals surface area (Å²) < 4.78 is 44.3. The number of thioether (sulfide) groups is 1. The maximum atomic E-state index is 12.7. The monoisotopic (exact) mass is 445 g/mol. The summed E-state index contributed by atoms with van der Waals surface area (Å²) in [5.41, 5.74) is 0.761. The summed E-state index contributed by atoms with van der Waals surface area (Å²) in [6.45, 7) is 0.387. The van der Waals surface area contributed by atoms with Gasteiger partial charge in [0, 0.05) is 11.6 Å². The molecular weight excluding hydrogens is 431 g/mol. The van der Waals surface area contributed by atoms with Crippen LogP contribution in [0.1, 0.15) is 16.9 Å². The number of carbonyl (C=O) groups is 1. The van der Waals surface area contributed by atoms with Gasteiger partial charge in [0.2, 0.25) is 0 Å². The molecule has 8 heteroatoms. The Morgan fingerprint density at radius 3 is 2.37 bits per heavy atom. The number of alkyl halides is 3. The average Bonchev–Trinajstić information content (AvgIpc) is 3.29. The smallest absolute Gasteiger partial charge is 0.416 e. The Morgan fingerprint density at radius 2 is 1.70 bits per heavy atom. The Morgan fingerprint density at radius 1 is 1.00 bits per heavy atom. The van der Waals surface area contributed by atoms with Gasteiger partial charge in [0.15, 0.2) is 0 Å². The minimum atomic E-state index is -4.39. The molecule has 3 nitrogen and oxygen atoms in total. The summed E-state index contributed by atoms with van der Waals surface area (Å²) in [6.07, 6.45) is -2.79. The minimum absolute atomic E-state index is 0.207. The van der Waals surface area contributed by atoms with Gasteiger partial charge in [-0.15, -0.1) is 0 Å². The predicted molar refractivity (Wildman–Crippen MR) is 114 cm³/mol. The Labute approximate surface area is 180 Å². The van der Waals surface area contributed by atoms with Gasteiger partial charge < -0.3 is 4.42 Å². The van der Waals surface area contributed by atoms with Gasteiger partial charge >= 0.3 is 6.18 Å². The molecule has 0 atom stereocenters. The van der Waals surface area contributed by atoms with Gasteiger partial charge in [-0.2, -0.15) is 13.2 Å². The summed E-state index contributed by atoms with van der Waals surface area (Å²) in [5.74, 6) is 0.626. The number of hydrogen-bond donors (Lipinski definition) is 0. The maximum Gasteiger partial charge on any atom is 0.416 e. The van der Waals surface area contributed by atoms with E-state index in [0.29, 0.717) is 32.9 Å². The van der Waals surface area contributed by atoms with Crippen LogP contribution in [0.5, 0.6) is 0 Å². The van der Waals surface area contributed by atoms with Gasteiger partial charge in [-0.3, -0.25) is 9.69 Å². The molecule has 0 N–H and O–H groups in total. The summed E-state index contributed by atoms with van der Waals surface area (Å²) in [6, 6.07) is 17.6. The molecule has 1 aromatic heterocycles. The van der Waals surface area contributed by atoms with Crippen molar-refractivity contribution in [1.29, 1.82) is 0 Å². The number of rotatable bonds is 4. The maximum absolute atomic E-state index is 12.7. The lowest BCUT2D eigenvalue weighted by molar-refractivity contribution is -0.137. The number of thiocarbonyl (C=S) groups is 1. The zero-order valence-corrected chi connectivity index (χ0v) is 17.0. The van der Waals surface area contributed by atoms with Gasteiger partial charge in [-0.05, 0) is 29.8 Å². The second kappa shape index (κ2) is 8.12. The first-order valence-electron chi connectivity index (χ1n) is 8.88. The SMILES string of the molecule is O=C1/C(=C/c2ccc(-c3ccc(C(F)(F)F)cc3)o2)SC(=S)N1Cc1ccccc1. The number of furan rings is 1. The van der Waals surface area contributed by atoms with Crippen LogP contribution >= 0.6 is 24.0 Å². The van der Waals surface area contributed by atoms with Crippen LogP contribution in [0.3, 0.4) is 0 Å². The second-order valence-corrected chi connectivity index (χ2v) is 8.21. The van der Waals surface area contributed by atoms with Crippen LogP contribution in [-0.4, -0.2) is 15.1 Å². The van der Waals surface area contributed by atoms with Crippen LogP contribution in [0.4, 0.5) is 13.2 Å². The highest BCUT2D eigenvalue weighted by atomic mass is 32.2. The molecule has 0 bridgehead atoms. The fraction of sp³-hybridized carbons (Fsp3) is 0.0909. The van der Waals surface area contributed by atoms with E-state index in [4.69, 9.17) is 16.6 Å². The Bertz CT molecular complexity index is 1120. The molecule has 0 saturated carbocycles. The first-order valence-corrected chi connectivity index (χ1v) is 10.1. The normalized spacial score (nSPS) is 16.0. The van der Waals surface area contributed by atoms with Gasteiger partial charge in [0.05, 0.1) is 17.0 Å². The van der Waals surface area contributed by atoms with Gasteiger partial charge in [-0.25, -0.2) is 0 Å². The predicted octanol–water partition coefficient (Wildman–Crippen LogP) is 6.37. The average molecular weight is 445 g/mol. The molecule has 2 heterocycles. The van der Waals surface area contributed by atoms with Gasteiger partial charge in [-0.1, -0.05) is 66.4 Å². The highest BCUT2D eigenvalue weighted by Gasteiger charge is 2.32. The van der Waals surface area contributed by atoms with Crippen molar-refractivity contribution in [2.24, 2.45) is 0 Å². The third kappa shape index (κ3) is 4.34. The fourth-order valence-electron chi connectivity index (χ4n) is 2.94. The van der Waals surface area contributed by atoms with Crippen molar-refractivity contribution < 1.29 is 22.4 Å². The molecule has 1 aliphatic heterocycles. The lowest BCUT2D eigenvalue weighted by Crippen LogP contribution is -2.27. The minimum Gasteiger partial charge on any atom is -0.457 e. The fourth-order valence-corrected chi connectivity index (χ4v) is 4.18. The third-order valence-electron chi connectivity index (χ3n) is 4.45. The standard InChI is InChI=1S/C22H14F3NO2S2/c23-22(24,25)16-8-6-15(7-9-16)18-11-10-17(28-18)12-19-20(27)26(21(29)30-19)13-14-4-2-1-3-5-14/h1-12H,13H2/b19-12-. The number of nitrogens with zero attached hydrogens (tertiary/aromatic N) is 1. The second-order valence-electron chi connectivity index (χ2n) is 6.53. The molecule has 152 valence electrons. The lowest BCUT2D eigenvalue weighted by Gasteiger charge is -2.14. The van der Waals surface area contributed by atoms with Crippen LogP contribution in [0, 0.1) is 0 Å². The van der Waals surface area contributed by atoms with Gasteiger partial charge in [0.25, 0.3) is 5.91 Å². The zero-order valence-electron chi connectivity index (χ0n) is 15.3. The van der Waals surface area contributed by atoms with E-state index in [1.807, 2.05) is 30.3 Å². The molecule has 1 saturated heterocycles. The van der Waals surface area contributed by atoms with E-state index in [-0.39, 0.29) is 5.91 Å². The van der Waals surface area contributed by atoms with Crippen molar-refractivity contribution >= 4 is 40.3 Å². The number of amides is 1. The van der Waals surface area contributed by atoms with Crippen molar-refractivity contribution in [3.8, 4) is 11.3 Å². The van der Waals surface area contributed by atoms with E-state index in [1.165, 1.54) is 28.8 Å². The van der Waals surface area contributed by atoms with Crippen LogP contribution < -0.4 is 0 Å². The number of carbonyl (C=O) groups excluding carboxylic acids is 1. The highest BCUT2D eigenvalue weighted by Crippen LogP contribution is 2.35. The van der Waals surface area contributed by atoms with E-state index in [9.17, 15) is 18.0 Å². The van der Waals surface area contributed by atoms with Crippen LogP contribution in [0.15, 0.2) is 76.1 Å². The quantitative estimate of drug-likeness (QED) is 0.345. The van der Waals surface area contributed by atoms with Crippen LogP contribution in [0.25, 0.3) is 17.4 Å². The topological polar surface area (TPSA) is 33.5 Å². The van der Waals surface area contributed by atoms with E-state index >= 15 is 0 Å². The van der Waals surface area contributed by atoms with E-state index in [2.05, 4.69) is 0 Å². The number of hydrogen-bond acceptors (Lipinski definition) is 4. The molecule has 1 amide bonds. The lowest BCUT2D eigenvalue weighted by atomic mass is 10.1. The first-order chi connectivity index (χ1) is 14.3. The molecule has 0 spiro atoms. The zero-order chi connectivity index (χ0) is 21.3. The summed E-state index contributed by atoms with van der Waals surface area (Å²) in [4.78, 5) is 14.7. The van der Waals surface area contributed by atoms with E-state index in [0.717, 1.165) is 17.7 Å². The molecule has 0 aliphatic carbocycles. The van der Waals surface area contributed by atoms with E-state index in [1.54, 1.807) is 18.2 Å².